The summed E-state index contributed by atoms with van der Waals surface area (Å²) >= 11 is 0. The molecule has 0 aliphatic carbocycles. The molecule has 0 aromatic heterocycles. The molecule has 5 heteroatoms. The van der Waals surface area contributed by atoms with E-state index < -0.39 is 0 Å². The van der Waals surface area contributed by atoms with Gasteiger partial charge < -0.3 is 14.8 Å². The first-order chi connectivity index (χ1) is 16.5. The van der Waals surface area contributed by atoms with Crippen molar-refractivity contribution in [3.8, 4) is 22.6 Å². The minimum atomic E-state index is -0.309. The maximum absolute atomic E-state index is 13.2. The molecule has 4 rings (SSSR count). The molecule has 4 aromatic rings. The van der Waals surface area contributed by atoms with Crippen molar-refractivity contribution < 1.29 is 18.7 Å². The molecule has 0 saturated carbocycles. The molecule has 0 bridgehead atoms. The van der Waals surface area contributed by atoms with Gasteiger partial charge in [0.25, 0.3) is 5.91 Å². The Morgan fingerprint density at radius 1 is 0.882 bits per heavy atom. The molecular weight excluding hydrogens is 429 g/mol. The standard InChI is InChI=1S/C29H26FNO3/c1-20(21-8-13-26(30)14-9-21)31-29(32)24-12-17-28(33-2)25(18-24)19-34-27-15-10-23(11-16-27)22-6-4-3-5-7-22/h3-18,20H,19H2,1-2H3,(H,31,32). The van der Waals surface area contributed by atoms with Crippen molar-refractivity contribution in [1.29, 1.82) is 0 Å². The quantitative estimate of drug-likeness (QED) is 0.327. The van der Waals surface area contributed by atoms with Gasteiger partial charge >= 0.3 is 0 Å². The zero-order valence-electron chi connectivity index (χ0n) is 19.1. The number of rotatable bonds is 8. The van der Waals surface area contributed by atoms with Gasteiger partial charge in [0, 0.05) is 11.1 Å². The number of nitrogens with one attached hydrogen (secondary N) is 1. The minimum absolute atomic E-state index is 0.229. The Hall–Kier alpha value is -4.12. The Morgan fingerprint density at radius 3 is 2.24 bits per heavy atom. The second-order valence-electron chi connectivity index (χ2n) is 7.95. The van der Waals surface area contributed by atoms with E-state index >= 15 is 0 Å². The molecule has 1 amide bonds. The second-order valence-corrected chi connectivity index (χ2v) is 7.95. The molecule has 172 valence electrons. The summed E-state index contributed by atoms with van der Waals surface area (Å²) in [6.07, 6.45) is 0. The number of hydrogen-bond acceptors (Lipinski definition) is 3. The lowest BCUT2D eigenvalue weighted by molar-refractivity contribution is 0.0939. The van der Waals surface area contributed by atoms with Crippen molar-refractivity contribution in [1.82, 2.24) is 5.32 Å². The summed E-state index contributed by atoms with van der Waals surface area (Å²) in [6, 6.07) is 29.1. The van der Waals surface area contributed by atoms with Crippen LogP contribution in [0.2, 0.25) is 0 Å². The molecule has 1 unspecified atom stereocenters. The zero-order chi connectivity index (χ0) is 23.9. The number of methoxy groups -OCH3 is 1. The van der Waals surface area contributed by atoms with Gasteiger partial charge in [-0.05, 0) is 66.1 Å². The van der Waals surface area contributed by atoms with Crippen LogP contribution >= 0.6 is 0 Å². The van der Waals surface area contributed by atoms with E-state index in [4.69, 9.17) is 9.47 Å². The number of ether oxygens (including phenoxy) is 2. The van der Waals surface area contributed by atoms with Gasteiger partial charge in [0.2, 0.25) is 0 Å². The van der Waals surface area contributed by atoms with E-state index in [0.29, 0.717) is 11.3 Å². The Labute approximate surface area is 199 Å². The van der Waals surface area contributed by atoms with Gasteiger partial charge in [-0.15, -0.1) is 0 Å². The smallest absolute Gasteiger partial charge is 0.251 e. The predicted molar refractivity (Wildman–Crippen MR) is 131 cm³/mol. The van der Waals surface area contributed by atoms with Crippen LogP contribution in [0.3, 0.4) is 0 Å². The van der Waals surface area contributed by atoms with Crippen molar-refractivity contribution in [3.63, 3.8) is 0 Å². The largest absolute Gasteiger partial charge is 0.496 e. The third-order valence-electron chi connectivity index (χ3n) is 5.62. The summed E-state index contributed by atoms with van der Waals surface area (Å²) in [6.45, 7) is 2.11. The molecular formula is C29H26FNO3. The first-order valence-corrected chi connectivity index (χ1v) is 11.0. The molecule has 1 atom stereocenters. The van der Waals surface area contributed by atoms with Crippen LogP contribution in [-0.4, -0.2) is 13.0 Å². The topological polar surface area (TPSA) is 47.6 Å². The van der Waals surface area contributed by atoms with Crippen molar-refractivity contribution in [2.75, 3.05) is 7.11 Å². The maximum atomic E-state index is 13.2. The van der Waals surface area contributed by atoms with Gasteiger partial charge in [-0.3, -0.25) is 4.79 Å². The summed E-state index contributed by atoms with van der Waals surface area (Å²) in [5.74, 6) is 0.829. The summed E-state index contributed by atoms with van der Waals surface area (Å²) in [5.41, 5.74) is 4.33. The Morgan fingerprint density at radius 2 is 1.56 bits per heavy atom. The number of hydrogen-bond donors (Lipinski definition) is 1. The Bertz CT molecular complexity index is 1240. The highest BCUT2D eigenvalue weighted by Crippen LogP contribution is 2.25. The molecule has 0 saturated heterocycles. The van der Waals surface area contributed by atoms with Gasteiger partial charge in [-0.1, -0.05) is 54.6 Å². The lowest BCUT2D eigenvalue weighted by Gasteiger charge is -2.16. The van der Waals surface area contributed by atoms with E-state index in [1.165, 1.54) is 12.1 Å². The molecule has 0 heterocycles. The molecule has 1 N–H and O–H groups in total. The van der Waals surface area contributed by atoms with Gasteiger partial charge in [-0.25, -0.2) is 4.39 Å². The van der Waals surface area contributed by atoms with Gasteiger partial charge in [0.15, 0.2) is 0 Å². The highest BCUT2D eigenvalue weighted by atomic mass is 19.1. The van der Waals surface area contributed by atoms with E-state index in [-0.39, 0.29) is 24.4 Å². The zero-order valence-corrected chi connectivity index (χ0v) is 19.1. The molecule has 4 nitrogen and oxygen atoms in total. The molecule has 34 heavy (non-hydrogen) atoms. The minimum Gasteiger partial charge on any atom is -0.496 e. The Balaban J connectivity index is 1.43. The van der Waals surface area contributed by atoms with E-state index in [1.54, 1.807) is 37.4 Å². The Kier molecular flexibility index (Phi) is 7.23. The fourth-order valence-corrected chi connectivity index (χ4v) is 3.68. The molecule has 0 spiro atoms. The van der Waals surface area contributed by atoms with Crippen molar-refractivity contribution in [3.05, 3.63) is 120 Å². The third-order valence-corrected chi connectivity index (χ3v) is 5.62. The van der Waals surface area contributed by atoms with E-state index in [2.05, 4.69) is 17.4 Å². The number of halogens is 1. The van der Waals surface area contributed by atoms with Crippen LogP contribution in [0.5, 0.6) is 11.5 Å². The molecule has 0 fully saturated rings. The van der Waals surface area contributed by atoms with E-state index in [1.807, 2.05) is 49.4 Å². The lowest BCUT2D eigenvalue weighted by atomic mass is 10.1. The normalized spacial score (nSPS) is 11.5. The average Bonchev–Trinajstić information content (AvgIpc) is 2.88. The third kappa shape index (κ3) is 5.62. The van der Waals surface area contributed by atoms with Crippen LogP contribution in [0, 0.1) is 5.82 Å². The van der Waals surface area contributed by atoms with Crippen LogP contribution < -0.4 is 14.8 Å². The van der Waals surface area contributed by atoms with E-state index in [0.717, 1.165) is 28.0 Å². The molecule has 0 aliphatic heterocycles. The SMILES string of the molecule is COc1ccc(C(=O)NC(C)c2ccc(F)cc2)cc1COc1ccc(-c2ccccc2)cc1. The molecule has 0 aliphatic rings. The van der Waals surface area contributed by atoms with Crippen molar-refractivity contribution in [2.24, 2.45) is 0 Å². The first-order valence-electron chi connectivity index (χ1n) is 11.0. The number of amides is 1. The van der Waals surface area contributed by atoms with Crippen LogP contribution in [-0.2, 0) is 6.61 Å². The highest BCUT2D eigenvalue weighted by Gasteiger charge is 2.14. The summed E-state index contributed by atoms with van der Waals surface area (Å²) in [4.78, 5) is 12.8. The summed E-state index contributed by atoms with van der Waals surface area (Å²) in [5, 5.41) is 2.95. The van der Waals surface area contributed by atoms with Crippen molar-refractivity contribution in [2.45, 2.75) is 19.6 Å². The number of carbonyl (C=O) groups excluding carboxylic acids is 1. The van der Waals surface area contributed by atoms with Gasteiger partial charge in [-0.2, -0.15) is 0 Å². The first kappa shape index (κ1) is 23.1. The predicted octanol–water partition coefficient (Wildman–Crippen LogP) is 6.57. The number of benzene rings is 4. The van der Waals surface area contributed by atoms with Crippen LogP contribution in [0.15, 0.2) is 97.1 Å². The number of carbonyl (C=O) groups is 1. The lowest BCUT2D eigenvalue weighted by Crippen LogP contribution is -2.26. The van der Waals surface area contributed by atoms with Crippen LogP contribution in [0.1, 0.15) is 34.5 Å². The molecule has 0 radical (unpaired) electrons. The average molecular weight is 456 g/mol. The highest BCUT2D eigenvalue weighted by molar-refractivity contribution is 5.94. The van der Waals surface area contributed by atoms with Crippen LogP contribution in [0.4, 0.5) is 4.39 Å². The maximum Gasteiger partial charge on any atom is 0.251 e. The fraction of sp³-hybridized carbons (Fsp3) is 0.138. The molecule has 4 aromatic carbocycles. The van der Waals surface area contributed by atoms with Gasteiger partial charge in [0.05, 0.1) is 13.2 Å². The van der Waals surface area contributed by atoms with Gasteiger partial charge in [0.1, 0.15) is 23.9 Å². The fourth-order valence-electron chi connectivity index (χ4n) is 3.68. The van der Waals surface area contributed by atoms with Crippen LogP contribution in [0.25, 0.3) is 11.1 Å². The summed E-state index contributed by atoms with van der Waals surface area (Å²) in [7, 11) is 1.59. The monoisotopic (exact) mass is 455 g/mol. The van der Waals surface area contributed by atoms with E-state index in [9.17, 15) is 9.18 Å². The second kappa shape index (κ2) is 10.7. The van der Waals surface area contributed by atoms with Crippen molar-refractivity contribution >= 4 is 5.91 Å². The summed E-state index contributed by atoms with van der Waals surface area (Å²) < 4.78 is 24.6.